The summed E-state index contributed by atoms with van der Waals surface area (Å²) in [6.45, 7) is 9.64. The Balaban J connectivity index is 1.80. The number of hydrogen-bond acceptors (Lipinski definition) is 5. The Hall–Kier alpha value is -1.72. The second-order valence-corrected chi connectivity index (χ2v) is 8.07. The highest BCUT2D eigenvalue weighted by Gasteiger charge is 2.72. The van der Waals surface area contributed by atoms with E-state index in [1.165, 1.54) is 6.08 Å². The van der Waals surface area contributed by atoms with Gasteiger partial charge >= 0.3 is 5.97 Å². The SMILES string of the molecule is C=C(C)C1CC[C@@]23O[C@@H]2[C@@H](C/C(C)=C2/C(=O)C=C(C)[C@@]2(O)C1)OC3=O. The quantitative estimate of drug-likeness (QED) is 0.449. The molecule has 0 spiro atoms. The van der Waals surface area contributed by atoms with Crippen molar-refractivity contribution < 1.29 is 24.2 Å². The van der Waals surface area contributed by atoms with E-state index in [0.29, 0.717) is 36.8 Å². The number of fused-ring (bicyclic) bond motifs is 1. The van der Waals surface area contributed by atoms with Crippen LogP contribution in [0.1, 0.15) is 46.5 Å². The van der Waals surface area contributed by atoms with Crippen LogP contribution in [0, 0.1) is 5.92 Å². The monoisotopic (exact) mass is 344 g/mol. The van der Waals surface area contributed by atoms with E-state index in [9.17, 15) is 14.7 Å². The topological polar surface area (TPSA) is 76.1 Å². The lowest BCUT2D eigenvalue weighted by atomic mass is 9.76. The average molecular weight is 344 g/mol. The summed E-state index contributed by atoms with van der Waals surface area (Å²) in [5.41, 5.74) is 0.744. The Bertz CT molecular complexity index is 760. The maximum absolute atomic E-state index is 12.6. The molecule has 2 bridgehead atoms. The Morgan fingerprint density at radius 2 is 2.08 bits per heavy atom. The molecule has 0 radical (unpaired) electrons. The average Bonchev–Trinajstić information content (AvgIpc) is 3.13. The lowest BCUT2D eigenvalue weighted by Gasteiger charge is -2.33. The number of hydrogen-bond donors (Lipinski definition) is 1. The first kappa shape index (κ1) is 16.7. The number of epoxide rings is 1. The molecule has 1 unspecified atom stereocenters. The Labute approximate surface area is 147 Å². The van der Waals surface area contributed by atoms with E-state index in [1.807, 2.05) is 13.8 Å². The zero-order chi connectivity index (χ0) is 18.1. The van der Waals surface area contributed by atoms with Crippen molar-refractivity contribution in [2.75, 3.05) is 0 Å². The van der Waals surface area contributed by atoms with Crippen molar-refractivity contribution in [1.82, 2.24) is 0 Å². The smallest absolute Gasteiger partial charge is 0.341 e. The van der Waals surface area contributed by atoms with E-state index < -0.39 is 11.2 Å². The molecule has 5 atom stereocenters. The molecule has 2 saturated heterocycles. The highest BCUT2D eigenvalue weighted by molar-refractivity contribution is 6.10. The fourth-order valence-electron chi connectivity index (χ4n) is 4.77. The van der Waals surface area contributed by atoms with Gasteiger partial charge in [0.15, 0.2) is 11.4 Å². The van der Waals surface area contributed by atoms with Crippen LogP contribution in [0.25, 0.3) is 0 Å². The lowest BCUT2D eigenvalue weighted by molar-refractivity contribution is -0.154. The summed E-state index contributed by atoms with van der Waals surface area (Å²) in [6, 6.07) is 0. The van der Waals surface area contributed by atoms with Crippen molar-refractivity contribution in [2.24, 2.45) is 5.92 Å². The molecule has 5 heteroatoms. The van der Waals surface area contributed by atoms with Crippen LogP contribution < -0.4 is 0 Å². The first-order valence-corrected chi connectivity index (χ1v) is 8.89. The van der Waals surface area contributed by atoms with Crippen LogP contribution in [-0.4, -0.2) is 40.3 Å². The molecule has 25 heavy (non-hydrogen) atoms. The zero-order valence-corrected chi connectivity index (χ0v) is 14.9. The van der Waals surface area contributed by atoms with Gasteiger partial charge in [-0.3, -0.25) is 4.79 Å². The molecule has 0 aromatic heterocycles. The molecule has 1 N–H and O–H groups in total. The molecule has 0 saturated carbocycles. The van der Waals surface area contributed by atoms with Crippen molar-refractivity contribution >= 4 is 11.8 Å². The van der Waals surface area contributed by atoms with Crippen LogP contribution >= 0.6 is 0 Å². The van der Waals surface area contributed by atoms with Crippen LogP contribution in [0.15, 0.2) is 34.9 Å². The fourth-order valence-corrected chi connectivity index (χ4v) is 4.77. The fraction of sp³-hybridized carbons (Fsp3) is 0.600. The number of carbonyl (C=O) groups is 2. The van der Waals surface area contributed by atoms with Crippen LogP contribution in [0.4, 0.5) is 0 Å². The van der Waals surface area contributed by atoms with Gasteiger partial charge in [-0.25, -0.2) is 4.79 Å². The standard InChI is InChI=1S/C20H24O5/c1-10(2)13-5-6-20-17(25-20)15(24-18(20)22)7-11(3)16-14(21)8-12(4)19(16,23)9-13/h8,13,15,17,23H,1,5-7,9H2,2-4H3/b16-11-/t13?,15-,17-,19+,20-/m1/s1. The predicted octanol–water partition coefficient (Wildman–Crippen LogP) is 2.39. The molecule has 134 valence electrons. The predicted molar refractivity (Wildman–Crippen MR) is 90.7 cm³/mol. The Kier molecular flexibility index (Phi) is 3.44. The maximum Gasteiger partial charge on any atom is 0.341 e. The van der Waals surface area contributed by atoms with E-state index in [1.54, 1.807) is 6.92 Å². The highest BCUT2D eigenvalue weighted by Crippen LogP contribution is 2.54. The van der Waals surface area contributed by atoms with Gasteiger partial charge in [-0.15, -0.1) is 0 Å². The van der Waals surface area contributed by atoms with Crippen molar-refractivity contribution in [1.29, 1.82) is 0 Å². The van der Waals surface area contributed by atoms with E-state index in [0.717, 1.165) is 11.1 Å². The number of esters is 1. The first-order chi connectivity index (χ1) is 11.7. The van der Waals surface area contributed by atoms with Gasteiger partial charge in [-0.05, 0) is 57.6 Å². The van der Waals surface area contributed by atoms with E-state index >= 15 is 0 Å². The van der Waals surface area contributed by atoms with Gasteiger partial charge in [0, 0.05) is 12.0 Å². The van der Waals surface area contributed by atoms with E-state index in [2.05, 4.69) is 6.58 Å². The van der Waals surface area contributed by atoms with Gasteiger partial charge in [0.1, 0.15) is 17.8 Å². The van der Waals surface area contributed by atoms with Crippen LogP contribution in [0.2, 0.25) is 0 Å². The molecular formula is C20H24O5. The second-order valence-electron chi connectivity index (χ2n) is 8.07. The molecule has 4 rings (SSSR count). The zero-order valence-electron chi connectivity index (χ0n) is 14.9. The molecular weight excluding hydrogens is 320 g/mol. The third-order valence-electron chi connectivity index (χ3n) is 6.38. The van der Waals surface area contributed by atoms with E-state index in [4.69, 9.17) is 9.47 Å². The van der Waals surface area contributed by atoms with Gasteiger partial charge in [-0.2, -0.15) is 0 Å². The molecule has 4 aliphatic rings. The third kappa shape index (κ3) is 2.22. The van der Waals surface area contributed by atoms with Crippen molar-refractivity contribution in [3.63, 3.8) is 0 Å². The molecule has 2 heterocycles. The van der Waals surface area contributed by atoms with Gasteiger partial charge in [0.25, 0.3) is 0 Å². The number of carbonyl (C=O) groups excluding carboxylic acids is 2. The highest BCUT2D eigenvalue weighted by atomic mass is 16.7. The molecule has 2 aliphatic heterocycles. The number of ketones is 1. The number of allylic oxidation sites excluding steroid dienone is 2. The molecule has 0 aromatic carbocycles. The summed E-state index contributed by atoms with van der Waals surface area (Å²) in [4.78, 5) is 24.9. The minimum absolute atomic E-state index is 0.00813. The number of aliphatic hydroxyl groups is 1. The summed E-state index contributed by atoms with van der Waals surface area (Å²) >= 11 is 0. The lowest BCUT2D eigenvalue weighted by Crippen LogP contribution is -2.36. The molecule has 2 fully saturated rings. The summed E-state index contributed by atoms with van der Waals surface area (Å²) in [7, 11) is 0. The van der Waals surface area contributed by atoms with Crippen LogP contribution in [0.5, 0.6) is 0 Å². The first-order valence-electron chi connectivity index (χ1n) is 8.89. The van der Waals surface area contributed by atoms with Crippen LogP contribution in [0.3, 0.4) is 0 Å². The van der Waals surface area contributed by atoms with E-state index in [-0.39, 0.29) is 29.9 Å². The summed E-state index contributed by atoms with van der Waals surface area (Å²) in [5.74, 6) is -0.445. The van der Waals surface area contributed by atoms with Gasteiger partial charge in [-0.1, -0.05) is 17.7 Å². The normalized spacial score (nSPS) is 45.9. The molecule has 0 aromatic rings. The summed E-state index contributed by atoms with van der Waals surface area (Å²) in [6.07, 6.45) is 2.97. The Morgan fingerprint density at radius 3 is 2.72 bits per heavy atom. The Morgan fingerprint density at radius 1 is 1.36 bits per heavy atom. The minimum Gasteiger partial charge on any atom is -0.457 e. The summed E-state index contributed by atoms with van der Waals surface area (Å²) in [5, 5.41) is 11.4. The number of ether oxygens (including phenoxy) is 2. The number of rotatable bonds is 1. The maximum atomic E-state index is 12.6. The van der Waals surface area contributed by atoms with Crippen molar-refractivity contribution in [3.8, 4) is 0 Å². The van der Waals surface area contributed by atoms with Gasteiger partial charge in [0.2, 0.25) is 0 Å². The van der Waals surface area contributed by atoms with Gasteiger partial charge < -0.3 is 14.6 Å². The largest absolute Gasteiger partial charge is 0.457 e. The second kappa shape index (κ2) is 5.15. The third-order valence-corrected chi connectivity index (χ3v) is 6.38. The van der Waals surface area contributed by atoms with Crippen molar-refractivity contribution in [3.05, 3.63) is 34.9 Å². The van der Waals surface area contributed by atoms with Crippen LogP contribution in [-0.2, 0) is 19.1 Å². The summed E-state index contributed by atoms with van der Waals surface area (Å²) < 4.78 is 11.3. The molecule has 5 nitrogen and oxygen atoms in total. The molecule has 0 amide bonds. The minimum atomic E-state index is -1.26. The molecule has 2 aliphatic carbocycles. The van der Waals surface area contributed by atoms with Gasteiger partial charge in [0.05, 0.1) is 0 Å². The van der Waals surface area contributed by atoms with Crippen molar-refractivity contribution in [2.45, 2.75) is 69.9 Å².